The number of nitrogens with two attached hydrogens (primary N) is 1. The lowest BCUT2D eigenvalue weighted by Crippen LogP contribution is -2.39. The van der Waals surface area contributed by atoms with Crippen molar-refractivity contribution >= 4 is 29.0 Å². The van der Waals surface area contributed by atoms with E-state index >= 15 is 0 Å². The molecule has 5 nitrogen and oxygen atoms in total. The van der Waals surface area contributed by atoms with E-state index < -0.39 is 0 Å². The van der Waals surface area contributed by atoms with Crippen molar-refractivity contribution < 1.29 is 4.74 Å². The molecule has 2 atom stereocenters. The number of ether oxygens (including phenoxy) is 1. The van der Waals surface area contributed by atoms with Gasteiger partial charge in [-0.3, -0.25) is 10.4 Å². The molecule has 0 bridgehead atoms. The maximum atomic E-state index is 7.85. The normalized spacial score (nSPS) is 28.7. The highest BCUT2D eigenvalue weighted by Crippen LogP contribution is 2.27. The van der Waals surface area contributed by atoms with Crippen LogP contribution < -0.4 is 5.73 Å². The van der Waals surface area contributed by atoms with E-state index in [0.717, 1.165) is 17.9 Å². The molecular weight excluding hydrogens is 248 g/mol. The van der Waals surface area contributed by atoms with Crippen LogP contribution in [0.5, 0.6) is 0 Å². The topological polar surface area (TPSA) is 95.3 Å². The van der Waals surface area contributed by atoms with Gasteiger partial charge in [-0.25, -0.2) is 0 Å². The van der Waals surface area contributed by atoms with E-state index in [-0.39, 0.29) is 22.9 Å². The van der Waals surface area contributed by atoms with Crippen molar-refractivity contribution in [2.24, 2.45) is 10.7 Å². The quantitative estimate of drug-likeness (QED) is 0.723. The first-order valence-corrected chi connectivity index (χ1v) is 7.25. The lowest BCUT2D eigenvalue weighted by Gasteiger charge is -2.28. The second kappa shape index (κ2) is 5.56. The van der Waals surface area contributed by atoms with Gasteiger partial charge in [-0.1, -0.05) is 0 Å². The number of rotatable bonds is 3. The lowest BCUT2D eigenvalue weighted by atomic mass is 10.0. The Morgan fingerprint density at radius 3 is 3.00 bits per heavy atom. The van der Waals surface area contributed by atoms with E-state index in [1.54, 1.807) is 11.8 Å². The van der Waals surface area contributed by atoms with Gasteiger partial charge >= 0.3 is 0 Å². The van der Waals surface area contributed by atoms with Gasteiger partial charge in [0, 0.05) is 36.8 Å². The van der Waals surface area contributed by atoms with Crippen molar-refractivity contribution in [2.75, 3.05) is 12.8 Å². The van der Waals surface area contributed by atoms with Crippen molar-refractivity contribution in [3.05, 3.63) is 11.8 Å². The number of allylic oxidation sites excluding steroid dienone is 2. The minimum atomic E-state index is -0.275. The molecule has 1 aliphatic carbocycles. The number of thioether (sulfide) groups is 1. The van der Waals surface area contributed by atoms with Crippen LogP contribution in [0, 0.1) is 10.8 Å². The highest BCUT2D eigenvalue weighted by atomic mass is 32.2. The maximum absolute atomic E-state index is 7.85. The Balaban J connectivity index is 2.00. The number of amidine groups is 1. The molecule has 0 spiro atoms. The molecule has 0 saturated carbocycles. The molecule has 0 amide bonds. The fourth-order valence-corrected chi connectivity index (χ4v) is 2.78. The molecule has 6 heteroatoms. The zero-order valence-corrected chi connectivity index (χ0v) is 11.2. The van der Waals surface area contributed by atoms with Gasteiger partial charge in [0.05, 0.1) is 5.76 Å². The summed E-state index contributed by atoms with van der Waals surface area (Å²) in [5.41, 5.74) is 6.66. The van der Waals surface area contributed by atoms with E-state index in [4.69, 9.17) is 21.3 Å². The molecule has 2 unspecified atom stereocenters. The Kier molecular flexibility index (Phi) is 4.06. The summed E-state index contributed by atoms with van der Waals surface area (Å²) in [6.45, 7) is 0.619. The second-order valence-electron chi connectivity index (χ2n) is 4.40. The summed E-state index contributed by atoms with van der Waals surface area (Å²) in [6, 6.07) is 0. The first-order chi connectivity index (χ1) is 8.61. The number of hydrogen-bond acceptors (Lipinski definition) is 6. The van der Waals surface area contributed by atoms with Crippen molar-refractivity contribution in [3.8, 4) is 0 Å². The molecule has 0 radical (unpaired) electrons. The van der Waals surface area contributed by atoms with Gasteiger partial charge < -0.3 is 15.9 Å². The Morgan fingerprint density at radius 1 is 1.50 bits per heavy atom. The molecule has 1 heterocycles. The Bertz CT molecular complexity index is 430. The smallest absolute Gasteiger partial charge is 0.145 e. The molecule has 0 fully saturated rings. The summed E-state index contributed by atoms with van der Waals surface area (Å²) in [5, 5.41) is 15.9. The van der Waals surface area contributed by atoms with Crippen molar-refractivity contribution in [3.63, 3.8) is 0 Å². The van der Waals surface area contributed by atoms with Gasteiger partial charge in [0.15, 0.2) is 0 Å². The fraction of sp³-hybridized carbons (Fsp3) is 0.583. The van der Waals surface area contributed by atoms with Crippen LogP contribution in [-0.4, -0.2) is 41.4 Å². The summed E-state index contributed by atoms with van der Waals surface area (Å²) in [7, 11) is 0. The van der Waals surface area contributed by atoms with E-state index in [1.807, 2.05) is 12.3 Å². The van der Waals surface area contributed by atoms with Crippen LogP contribution in [0.25, 0.3) is 0 Å². The van der Waals surface area contributed by atoms with E-state index in [9.17, 15) is 0 Å². The van der Waals surface area contributed by atoms with Crippen molar-refractivity contribution in [1.82, 2.24) is 0 Å². The molecule has 1 aliphatic heterocycles. The maximum Gasteiger partial charge on any atom is 0.145 e. The molecule has 0 aromatic heterocycles. The molecular formula is C12H18N4OS. The number of hydrogen-bond donors (Lipinski definition) is 3. The molecule has 0 aromatic rings. The van der Waals surface area contributed by atoms with Crippen LogP contribution >= 0.6 is 11.8 Å². The monoisotopic (exact) mass is 266 g/mol. The first kappa shape index (κ1) is 13.1. The van der Waals surface area contributed by atoms with Crippen LogP contribution in [-0.2, 0) is 4.74 Å². The lowest BCUT2D eigenvalue weighted by molar-refractivity contribution is 0.154. The van der Waals surface area contributed by atoms with Gasteiger partial charge in [-0.15, -0.1) is 0 Å². The van der Waals surface area contributed by atoms with E-state index in [0.29, 0.717) is 19.4 Å². The molecule has 2 rings (SSSR count). The standard InChI is InChI=1S/C12H18N4OS/c1-18-10-6-7(2-3-8(10)13)17-9-4-5-16-12(15)11(9)14/h2,9-10,13-14H,3-6H2,1H3,(H2,15,16). The molecule has 2 aliphatic rings. The first-order valence-electron chi connectivity index (χ1n) is 5.96. The van der Waals surface area contributed by atoms with Gasteiger partial charge in [0.1, 0.15) is 17.7 Å². The third kappa shape index (κ3) is 2.75. The van der Waals surface area contributed by atoms with Crippen LogP contribution in [0.3, 0.4) is 0 Å². The minimum absolute atomic E-state index is 0.203. The zero-order valence-electron chi connectivity index (χ0n) is 10.4. The van der Waals surface area contributed by atoms with Crippen LogP contribution in [0.15, 0.2) is 16.8 Å². The Morgan fingerprint density at radius 2 is 2.28 bits per heavy atom. The van der Waals surface area contributed by atoms with Gasteiger partial charge in [-0.05, 0) is 12.3 Å². The number of nitrogens with zero attached hydrogens (tertiary/aromatic N) is 1. The zero-order chi connectivity index (χ0) is 13.1. The fourth-order valence-electron chi connectivity index (χ4n) is 2.06. The third-order valence-electron chi connectivity index (χ3n) is 3.17. The van der Waals surface area contributed by atoms with E-state index in [2.05, 4.69) is 4.99 Å². The minimum Gasteiger partial charge on any atom is -0.489 e. The largest absolute Gasteiger partial charge is 0.489 e. The van der Waals surface area contributed by atoms with Crippen molar-refractivity contribution in [2.45, 2.75) is 30.6 Å². The van der Waals surface area contributed by atoms with Crippen molar-refractivity contribution in [1.29, 1.82) is 10.8 Å². The molecule has 98 valence electrons. The molecule has 4 N–H and O–H groups in total. The summed E-state index contributed by atoms with van der Waals surface area (Å²) < 4.78 is 5.86. The van der Waals surface area contributed by atoms with Crippen LogP contribution in [0.2, 0.25) is 0 Å². The highest BCUT2D eigenvalue weighted by Gasteiger charge is 2.27. The highest BCUT2D eigenvalue weighted by molar-refractivity contribution is 7.99. The summed E-state index contributed by atoms with van der Waals surface area (Å²) in [6.07, 6.45) is 5.77. The van der Waals surface area contributed by atoms with Gasteiger partial charge in [0.25, 0.3) is 0 Å². The van der Waals surface area contributed by atoms with Gasteiger partial charge in [-0.2, -0.15) is 11.8 Å². The SMILES string of the molecule is CSC1CC(OC2CCN=C(N)C2=N)=CCC1=N. The van der Waals surface area contributed by atoms with E-state index in [1.165, 1.54) is 0 Å². The molecule has 0 saturated heterocycles. The average Bonchev–Trinajstić information content (AvgIpc) is 2.37. The number of nitrogens with one attached hydrogen (secondary N) is 2. The average molecular weight is 266 g/mol. The second-order valence-corrected chi connectivity index (χ2v) is 5.44. The summed E-state index contributed by atoms with van der Waals surface area (Å²) in [5.74, 6) is 1.17. The molecule has 0 aromatic carbocycles. The predicted molar refractivity (Wildman–Crippen MR) is 76.1 cm³/mol. The number of aliphatic imine (C=N–C) groups is 1. The Labute approximate surface area is 111 Å². The predicted octanol–water partition coefficient (Wildman–Crippen LogP) is 1.58. The van der Waals surface area contributed by atoms with Gasteiger partial charge in [0.2, 0.25) is 0 Å². The third-order valence-corrected chi connectivity index (χ3v) is 4.19. The molecule has 18 heavy (non-hydrogen) atoms. The Hall–Kier alpha value is -1.30. The summed E-state index contributed by atoms with van der Waals surface area (Å²) >= 11 is 1.67. The van der Waals surface area contributed by atoms with Crippen LogP contribution in [0.4, 0.5) is 0 Å². The van der Waals surface area contributed by atoms with Crippen LogP contribution in [0.1, 0.15) is 19.3 Å². The summed E-state index contributed by atoms with van der Waals surface area (Å²) in [4.78, 5) is 4.03.